The second kappa shape index (κ2) is 6.98. The molecule has 32 heavy (non-hydrogen) atoms. The minimum atomic E-state index is 0.580. The molecule has 0 saturated heterocycles. The van der Waals surface area contributed by atoms with Crippen LogP contribution in [0.15, 0.2) is 55.4 Å². The summed E-state index contributed by atoms with van der Waals surface area (Å²) < 4.78 is 7.23. The highest BCUT2D eigenvalue weighted by Gasteiger charge is 2.17. The molecule has 0 spiro atoms. The standard InChI is InChI=1S/C22H17N9O/c1-12-10-31(11-25-12)17-5-6-24-21-19(17)27-22(28-21)20-18-16(29-30-20)4-3-15(26-18)13-7-14(32-2)9-23-8-13/h3-11H,1-2H3,(H,29,30)(H,24,27,28). The molecule has 0 atom stereocenters. The Hall–Kier alpha value is -4.60. The van der Waals surface area contributed by atoms with Crippen molar-refractivity contribution in [1.82, 2.24) is 44.7 Å². The van der Waals surface area contributed by atoms with Crippen LogP contribution in [-0.4, -0.2) is 51.8 Å². The zero-order valence-corrected chi connectivity index (χ0v) is 17.2. The summed E-state index contributed by atoms with van der Waals surface area (Å²) >= 11 is 0. The number of nitrogens with one attached hydrogen (secondary N) is 2. The summed E-state index contributed by atoms with van der Waals surface area (Å²) in [4.78, 5) is 25.8. The lowest BCUT2D eigenvalue weighted by Gasteiger charge is -2.03. The number of aromatic amines is 2. The molecule has 6 rings (SSSR count). The largest absolute Gasteiger partial charge is 0.495 e. The predicted octanol–water partition coefficient (Wildman–Crippen LogP) is 3.46. The Morgan fingerprint density at radius 2 is 2.00 bits per heavy atom. The molecule has 10 nitrogen and oxygen atoms in total. The quantitative estimate of drug-likeness (QED) is 0.445. The first-order chi connectivity index (χ1) is 15.7. The molecule has 0 saturated carbocycles. The Morgan fingerprint density at radius 3 is 2.84 bits per heavy atom. The van der Waals surface area contributed by atoms with E-state index in [0.717, 1.165) is 33.7 Å². The number of rotatable bonds is 4. The maximum absolute atomic E-state index is 5.29. The van der Waals surface area contributed by atoms with Gasteiger partial charge in [0.25, 0.3) is 0 Å². The molecule has 0 aromatic carbocycles. The van der Waals surface area contributed by atoms with E-state index in [4.69, 9.17) is 9.72 Å². The van der Waals surface area contributed by atoms with E-state index in [1.165, 1.54) is 0 Å². The number of nitrogens with zero attached hydrogens (tertiary/aromatic N) is 7. The highest BCUT2D eigenvalue weighted by molar-refractivity contribution is 5.92. The zero-order valence-electron chi connectivity index (χ0n) is 17.2. The fourth-order valence-corrected chi connectivity index (χ4v) is 3.67. The van der Waals surface area contributed by atoms with Gasteiger partial charge in [0.15, 0.2) is 17.2 Å². The Labute approximate surface area is 181 Å². The van der Waals surface area contributed by atoms with Crippen molar-refractivity contribution in [3.8, 4) is 34.2 Å². The Balaban J connectivity index is 1.49. The van der Waals surface area contributed by atoms with E-state index in [9.17, 15) is 0 Å². The van der Waals surface area contributed by atoms with Crippen LogP contribution in [0, 0.1) is 6.92 Å². The van der Waals surface area contributed by atoms with E-state index < -0.39 is 0 Å². The predicted molar refractivity (Wildman–Crippen MR) is 118 cm³/mol. The molecule has 10 heteroatoms. The minimum absolute atomic E-state index is 0.580. The van der Waals surface area contributed by atoms with Crippen molar-refractivity contribution in [3.63, 3.8) is 0 Å². The van der Waals surface area contributed by atoms with Crippen LogP contribution in [0.5, 0.6) is 5.75 Å². The summed E-state index contributed by atoms with van der Waals surface area (Å²) in [5, 5.41) is 7.50. The molecule has 0 radical (unpaired) electrons. The Kier molecular flexibility index (Phi) is 3.97. The van der Waals surface area contributed by atoms with E-state index in [-0.39, 0.29) is 0 Å². The van der Waals surface area contributed by atoms with Gasteiger partial charge < -0.3 is 14.3 Å². The lowest BCUT2D eigenvalue weighted by Crippen LogP contribution is -1.92. The van der Waals surface area contributed by atoms with Gasteiger partial charge in [-0.1, -0.05) is 0 Å². The molecule has 0 bridgehead atoms. The number of aromatic nitrogens is 9. The molecule has 6 aromatic heterocycles. The van der Waals surface area contributed by atoms with Gasteiger partial charge in [-0.15, -0.1) is 0 Å². The maximum Gasteiger partial charge on any atom is 0.180 e. The lowest BCUT2D eigenvalue weighted by molar-refractivity contribution is 0.413. The number of aryl methyl sites for hydroxylation is 1. The first-order valence-corrected chi connectivity index (χ1v) is 9.90. The second-order valence-corrected chi connectivity index (χ2v) is 7.31. The van der Waals surface area contributed by atoms with Crippen molar-refractivity contribution < 1.29 is 4.74 Å². The Morgan fingerprint density at radius 1 is 1.06 bits per heavy atom. The van der Waals surface area contributed by atoms with E-state index >= 15 is 0 Å². The van der Waals surface area contributed by atoms with Gasteiger partial charge in [-0.3, -0.25) is 10.1 Å². The van der Waals surface area contributed by atoms with Gasteiger partial charge in [0.05, 0.1) is 42.2 Å². The molecule has 156 valence electrons. The summed E-state index contributed by atoms with van der Waals surface area (Å²) in [7, 11) is 1.61. The zero-order chi connectivity index (χ0) is 21.7. The van der Waals surface area contributed by atoms with E-state index in [1.807, 2.05) is 42.0 Å². The number of ether oxygens (including phenoxy) is 1. The summed E-state index contributed by atoms with van der Waals surface area (Å²) in [6, 6.07) is 7.67. The van der Waals surface area contributed by atoms with Crippen LogP contribution < -0.4 is 4.74 Å². The maximum atomic E-state index is 5.29. The highest BCUT2D eigenvalue weighted by Crippen LogP contribution is 2.29. The first kappa shape index (κ1) is 18.2. The molecule has 0 amide bonds. The third-order valence-electron chi connectivity index (χ3n) is 5.24. The third kappa shape index (κ3) is 2.88. The monoisotopic (exact) mass is 423 g/mol. The lowest BCUT2D eigenvalue weighted by atomic mass is 10.1. The van der Waals surface area contributed by atoms with Crippen LogP contribution in [0.2, 0.25) is 0 Å². The van der Waals surface area contributed by atoms with E-state index in [2.05, 4.69) is 35.1 Å². The number of H-pyrrole nitrogens is 2. The molecule has 2 N–H and O–H groups in total. The van der Waals surface area contributed by atoms with Crippen LogP contribution >= 0.6 is 0 Å². The van der Waals surface area contributed by atoms with Crippen molar-refractivity contribution in [1.29, 1.82) is 0 Å². The summed E-state index contributed by atoms with van der Waals surface area (Å²) in [6.07, 6.45) is 8.86. The molecule has 6 heterocycles. The topological polar surface area (TPSA) is 123 Å². The number of pyridine rings is 3. The van der Waals surface area contributed by atoms with E-state index in [0.29, 0.717) is 28.4 Å². The van der Waals surface area contributed by atoms with Crippen molar-refractivity contribution in [2.75, 3.05) is 7.11 Å². The average molecular weight is 423 g/mol. The van der Waals surface area contributed by atoms with Gasteiger partial charge in [0, 0.05) is 24.2 Å². The SMILES string of the molecule is COc1cncc(-c2ccc3[nH]nc(-c4nc5nccc(-n6cnc(C)c6)c5[nH]4)c3n2)c1. The second-order valence-electron chi connectivity index (χ2n) is 7.31. The van der Waals surface area contributed by atoms with Crippen LogP contribution in [0.25, 0.3) is 50.7 Å². The molecular weight excluding hydrogens is 406 g/mol. The van der Waals surface area contributed by atoms with Gasteiger partial charge in [-0.2, -0.15) is 5.10 Å². The highest BCUT2D eigenvalue weighted by atomic mass is 16.5. The van der Waals surface area contributed by atoms with Gasteiger partial charge in [-0.25, -0.2) is 19.9 Å². The van der Waals surface area contributed by atoms with Crippen LogP contribution in [-0.2, 0) is 0 Å². The van der Waals surface area contributed by atoms with Crippen molar-refractivity contribution in [2.24, 2.45) is 0 Å². The van der Waals surface area contributed by atoms with Crippen molar-refractivity contribution in [2.45, 2.75) is 6.92 Å². The van der Waals surface area contributed by atoms with Gasteiger partial charge in [0.2, 0.25) is 0 Å². The van der Waals surface area contributed by atoms with Crippen LogP contribution in [0.1, 0.15) is 5.69 Å². The first-order valence-electron chi connectivity index (χ1n) is 9.90. The molecular formula is C22H17N9O. The number of fused-ring (bicyclic) bond motifs is 2. The molecule has 0 unspecified atom stereocenters. The van der Waals surface area contributed by atoms with E-state index in [1.54, 1.807) is 32.0 Å². The fourth-order valence-electron chi connectivity index (χ4n) is 3.67. The van der Waals surface area contributed by atoms with Crippen molar-refractivity contribution in [3.05, 3.63) is 61.1 Å². The number of methoxy groups -OCH3 is 1. The van der Waals surface area contributed by atoms with Gasteiger partial charge in [-0.05, 0) is 31.2 Å². The number of hydrogen-bond donors (Lipinski definition) is 2. The van der Waals surface area contributed by atoms with Crippen LogP contribution in [0.4, 0.5) is 0 Å². The summed E-state index contributed by atoms with van der Waals surface area (Å²) in [5.74, 6) is 1.25. The molecule has 0 fully saturated rings. The van der Waals surface area contributed by atoms with Crippen LogP contribution in [0.3, 0.4) is 0 Å². The Bertz CT molecular complexity index is 1590. The number of hydrogen-bond acceptors (Lipinski definition) is 7. The molecule has 0 aliphatic heterocycles. The number of imidazole rings is 2. The fraction of sp³-hybridized carbons (Fsp3) is 0.0909. The summed E-state index contributed by atoms with van der Waals surface area (Å²) in [6.45, 7) is 1.95. The normalized spacial score (nSPS) is 11.4. The smallest absolute Gasteiger partial charge is 0.180 e. The van der Waals surface area contributed by atoms with Gasteiger partial charge >= 0.3 is 0 Å². The molecule has 0 aliphatic rings. The molecule has 0 aliphatic carbocycles. The third-order valence-corrected chi connectivity index (χ3v) is 5.24. The molecule has 6 aromatic rings. The minimum Gasteiger partial charge on any atom is -0.495 e. The average Bonchev–Trinajstić information content (AvgIpc) is 3.55. The summed E-state index contributed by atoms with van der Waals surface area (Å²) in [5.41, 5.74) is 6.95. The van der Waals surface area contributed by atoms with Crippen molar-refractivity contribution >= 4 is 22.2 Å². The van der Waals surface area contributed by atoms with Gasteiger partial charge in [0.1, 0.15) is 16.8 Å².